The van der Waals surface area contributed by atoms with E-state index in [0.29, 0.717) is 13.0 Å². The molecule has 1 aliphatic rings. The number of carbonyl (C=O) groups is 1. The van der Waals surface area contributed by atoms with Crippen LogP contribution in [0.2, 0.25) is 0 Å². The highest BCUT2D eigenvalue weighted by Crippen LogP contribution is 2.26. The minimum atomic E-state index is 0.0177. The van der Waals surface area contributed by atoms with Gasteiger partial charge >= 0.3 is 0 Å². The molecule has 132 valence electrons. The predicted octanol–water partition coefficient (Wildman–Crippen LogP) is 3.77. The predicted molar refractivity (Wildman–Crippen MR) is 102 cm³/mol. The van der Waals surface area contributed by atoms with Crippen LogP contribution in [0.5, 0.6) is 5.75 Å². The Morgan fingerprint density at radius 1 is 1.19 bits per heavy atom. The van der Waals surface area contributed by atoms with Gasteiger partial charge in [-0.25, -0.2) is 0 Å². The van der Waals surface area contributed by atoms with Gasteiger partial charge in [-0.1, -0.05) is 48.0 Å². The van der Waals surface area contributed by atoms with Gasteiger partial charge < -0.3 is 9.64 Å². The molecule has 0 aliphatic carbocycles. The molecule has 0 bridgehead atoms. The molecule has 4 rings (SSSR count). The normalized spacial score (nSPS) is 16.8. The molecule has 0 saturated carbocycles. The summed E-state index contributed by atoms with van der Waals surface area (Å²) >= 11 is 0. The maximum Gasteiger partial charge on any atom is 0.227 e. The lowest BCUT2D eigenvalue weighted by molar-refractivity contribution is -0.129. The first-order valence-corrected chi connectivity index (χ1v) is 9.03. The number of rotatable bonds is 4. The van der Waals surface area contributed by atoms with Crippen LogP contribution in [-0.4, -0.2) is 35.0 Å². The van der Waals surface area contributed by atoms with E-state index in [4.69, 9.17) is 4.74 Å². The van der Waals surface area contributed by atoms with E-state index in [1.165, 1.54) is 5.56 Å². The molecule has 1 saturated heterocycles. The van der Waals surface area contributed by atoms with Gasteiger partial charge in [0, 0.05) is 24.5 Å². The molecule has 1 aromatic heterocycles. The van der Waals surface area contributed by atoms with Gasteiger partial charge in [0.2, 0.25) is 5.91 Å². The maximum absolute atomic E-state index is 12.6. The summed E-state index contributed by atoms with van der Waals surface area (Å²) in [5.41, 5.74) is 3.12. The van der Waals surface area contributed by atoms with Crippen molar-refractivity contribution >= 4 is 16.8 Å². The molecular formula is C22H22N2O2. The first-order valence-electron chi connectivity index (χ1n) is 9.03. The molecule has 0 radical (unpaired) electrons. The second-order valence-corrected chi connectivity index (χ2v) is 6.87. The van der Waals surface area contributed by atoms with Crippen LogP contribution < -0.4 is 4.74 Å². The van der Waals surface area contributed by atoms with Crippen molar-refractivity contribution in [2.24, 2.45) is 0 Å². The summed E-state index contributed by atoms with van der Waals surface area (Å²) in [4.78, 5) is 18.9. The Hall–Kier alpha value is -2.88. The zero-order chi connectivity index (χ0) is 17.9. The van der Waals surface area contributed by atoms with Gasteiger partial charge in [-0.05, 0) is 24.6 Å². The molecule has 1 amide bonds. The molecule has 26 heavy (non-hydrogen) atoms. The van der Waals surface area contributed by atoms with Gasteiger partial charge in [-0.3, -0.25) is 9.78 Å². The molecular weight excluding hydrogens is 324 g/mol. The molecule has 2 heterocycles. The number of amides is 1. The minimum absolute atomic E-state index is 0.0177. The van der Waals surface area contributed by atoms with Crippen molar-refractivity contribution in [3.8, 4) is 5.75 Å². The Balaban J connectivity index is 1.41. The maximum atomic E-state index is 12.6. The number of aromatic nitrogens is 1. The van der Waals surface area contributed by atoms with E-state index in [2.05, 4.69) is 11.1 Å². The van der Waals surface area contributed by atoms with Crippen molar-refractivity contribution in [2.75, 3.05) is 13.1 Å². The second-order valence-electron chi connectivity index (χ2n) is 6.87. The van der Waals surface area contributed by atoms with Gasteiger partial charge in [-0.2, -0.15) is 0 Å². The zero-order valence-electron chi connectivity index (χ0n) is 14.9. The SMILES string of the molecule is Cc1cccc(CC(=O)N2CCC(Oc3cccc4cccnc34)C2)c1. The lowest BCUT2D eigenvalue weighted by atomic mass is 10.1. The van der Waals surface area contributed by atoms with Crippen molar-refractivity contribution in [3.63, 3.8) is 0 Å². The number of hydrogen-bond donors (Lipinski definition) is 0. The third kappa shape index (κ3) is 3.54. The summed E-state index contributed by atoms with van der Waals surface area (Å²) in [5, 5.41) is 1.07. The molecule has 2 aromatic carbocycles. The fourth-order valence-corrected chi connectivity index (χ4v) is 3.51. The summed E-state index contributed by atoms with van der Waals surface area (Å²) in [5.74, 6) is 0.957. The average molecular weight is 346 g/mol. The van der Waals surface area contributed by atoms with E-state index in [9.17, 15) is 4.79 Å². The standard InChI is InChI=1S/C22H22N2O2/c1-16-5-2-6-17(13-16)14-21(25)24-12-10-19(15-24)26-20-9-3-7-18-8-4-11-23-22(18)20/h2-9,11,13,19H,10,12,14-15H2,1H3. The van der Waals surface area contributed by atoms with Gasteiger partial charge in [0.05, 0.1) is 13.0 Å². The largest absolute Gasteiger partial charge is 0.486 e. The van der Waals surface area contributed by atoms with Crippen LogP contribution in [0.1, 0.15) is 17.5 Å². The number of hydrogen-bond acceptors (Lipinski definition) is 3. The van der Waals surface area contributed by atoms with Crippen LogP contribution in [0, 0.1) is 6.92 Å². The molecule has 4 heteroatoms. The van der Waals surface area contributed by atoms with E-state index in [0.717, 1.165) is 35.2 Å². The number of fused-ring (bicyclic) bond motifs is 1. The van der Waals surface area contributed by atoms with Crippen molar-refractivity contribution in [3.05, 3.63) is 71.9 Å². The molecule has 0 spiro atoms. The van der Waals surface area contributed by atoms with E-state index < -0.39 is 0 Å². The molecule has 3 aromatic rings. The first-order chi connectivity index (χ1) is 12.7. The van der Waals surface area contributed by atoms with Crippen molar-refractivity contribution in [2.45, 2.75) is 25.9 Å². The fraction of sp³-hybridized carbons (Fsp3) is 0.273. The third-order valence-corrected chi connectivity index (χ3v) is 4.82. The summed E-state index contributed by atoms with van der Waals surface area (Å²) in [6.07, 6.45) is 3.10. The Morgan fingerprint density at radius 3 is 2.92 bits per heavy atom. The van der Waals surface area contributed by atoms with Crippen LogP contribution in [0.25, 0.3) is 10.9 Å². The number of para-hydroxylation sites is 1. The monoisotopic (exact) mass is 346 g/mol. The highest BCUT2D eigenvalue weighted by Gasteiger charge is 2.28. The Kier molecular flexibility index (Phi) is 4.57. The summed E-state index contributed by atoms with van der Waals surface area (Å²) in [6.45, 7) is 3.42. The van der Waals surface area contributed by atoms with Gasteiger partial charge in [-0.15, -0.1) is 0 Å². The summed E-state index contributed by atoms with van der Waals surface area (Å²) in [6, 6.07) is 18.0. The second kappa shape index (κ2) is 7.16. The third-order valence-electron chi connectivity index (χ3n) is 4.82. The van der Waals surface area contributed by atoms with E-state index in [1.807, 2.05) is 60.4 Å². The lowest BCUT2D eigenvalue weighted by Crippen LogP contribution is -2.32. The Morgan fingerprint density at radius 2 is 2.04 bits per heavy atom. The van der Waals surface area contributed by atoms with Gasteiger partial charge in [0.15, 0.2) is 0 Å². The highest BCUT2D eigenvalue weighted by atomic mass is 16.5. The summed E-state index contributed by atoms with van der Waals surface area (Å²) in [7, 11) is 0. The number of ether oxygens (including phenoxy) is 1. The number of likely N-dealkylation sites (tertiary alicyclic amines) is 1. The fourth-order valence-electron chi connectivity index (χ4n) is 3.51. The zero-order valence-corrected chi connectivity index (χ0v) is 14.9. The molecule has 4 nitrogen and oxygen atoms in total. The molecule has 1 unspecified atom stereocenters. The number of aryl methyl sites for hydroxylation is 1. The Bertz CT molecular complexity index is 933. The molecule has 1 atom stereocenters. The van der Waals surface area contributed by atoms with Crippen molar-refractivity contribution < 1.29 is 9.53 Å². The molecule has 1 aliphatic heterocycles. The Labute approximate surface area is 153 Å². The van der Waals surface area contributed by atoms with E-state index in [1.54, 1.807) is 6.20 Å². The highest BCUT2D eigenvalue weighted by molar-refractivity contribution is 5.84. The average Bonchev–Trinajstić information content (AvgIpc) is 3.11. The van der Waals surface area contributed by atoms with Crippen molar-refractivity contribution in [1.82, 2.24) is 9.88 Å². The van der Waals surface area contributed by atoms with E-state index in [-0.39, 0.29) is 12.0 Å². The van der Waals surface area contributed by atoms with Crippen LogP contribution in [-0.2, 0) is 11.2 Å². The smallest absolute Gasteiger partial charge is 0.227 e. The molecule has 0 N–H and O–H groups in total. The van der Waals surface area contributed by atoms with Crippen LogP contribution in [0.15, 0.2) is 60.8 Å². The topological polar surface area (TPSA) is 42.4 Å². The number of benzene rings is 2. The van der Waals surface area contributed by atoms with Crippen LogP contribution >= 0.6 is 0 Å². The number of nitrogens with zero attached hydrogens (tertiary/aromatic N) is 2. The van der Waals surface area contributed by atoms with Crippen LogP contribution in [0.4, 0.5) is 0 Å². The minimum Gasteiger partial charge on any atom is -0.486 e. The summed E-state index contributed by atoms with van der Waals surface area (Å²) < 4.78 is 6.18. The van der Waals surface area contributed by atoms with Crippen molar-refractivity contribution in [1.29, 1.82) is 0 Å². The quantitative estimate of drug-likeness (QED) is 0.722. The number of carbonyl (C=O) groups excluding carboxylic acids is 1. The number of pyridine rings is 1. The van der Waals surface area contributed by atoms with Crippen LogP contribution in [0.3, 0.4) is 0 Å². The van der Waals surface area contributed by atoms with Gasteiger partial charge in [0.25, 0.3) is 0 Å². The van der Waals surface area contributed by atoms with Gasteiger partial charge in [0.1, 0.15) is 17.4 Å². The van der Waals surface area contributed by atoms with E-state index >= 15 is 0 Å². The lowest BCUT2D eigenvalue weighted by Gasteiger charge is -2.18. The molecule has 1 fully saturated rings. The first kappa shape index (κ1) is 16.6.